The minimum atomic E-state index is -0.711. The zero-order chi connectivity index (χ0) is 18.7. The highest BCUT2D eigenvalue weighted by molar-refractivity contribution is 5.29. The number of ether oxygens (including phenoxy) is 2. The van der Waals surface area contributed by atoms with E-state index < -0.39 is 5.91 Å². The summed E-state index contributed by atoms with van der Waals surface area (Å²) in [5, 5.41) is 0. The van der Waals surface area contributed by atoms with Crippen molar-refractivity contribution in [3.8, 4) is 5.75 Å². The highest BCUT2D eigenvalue weighted by atomic mass is 16.7. The normalized spacial score (nSPS) is 15.2. The molecule has 1 aromatic carbocycles. The van der Waals surface area contributed by atoms with Crippen LogP contribution in [0.3, 0.4) is 0 Å². The van der Waals surface area contributed by atoms with Gasteiger partial charge in [0.25, 0.3) is 5.91 Å². The minimum absolute atomic E-state index is 0.581. The van der Waals surface area contributed by atoms with E-state index in [1.165, 1.54) is 12.0 Å². The van der Waals surface area contributed by atoms with E-state index in [1.54, 1.807) is 0 Å². The van der Waals surface area contributed by atoms with E-state index in [-0.39, 0.29) is 0 Å². The van der Waals surface area contributed by atoms with Crippen LogP contribution in [0.1, 0.15) is 85.1 Å². The second-order valence-corrected chi connectivity index (χ2v) is 7.01. The summed E-state index contributed by atoms with van der Waals surface area (Å²) in [5.41, 5.74) is 1.36. The minimum Gasteiger partial charge on any atom is -0.449 e. The molecular formula is C22H39NO2. The van der Waals surface area contributed by atoms with Crippen LogP contribution in [0.15, 0.2) is 24.3 Å². The van der Waals surface area contributed by atoms with Crippen molar-refractivity contribution in [3.63, 3.8) is 0 Å². The summed E-state index contributed by atoms with van der Waals surface area (Å²) in [6.45, 7) is 15.7. The van der Waals surface area contributed by atoms with E-state index in [9.17, 15) is 0 Å². The molecule has 144 valence electrons. The van der Waals surface area contributed by atoms with Crippen LogP contribution in [-0.4, -0.2) is 30.5 Å². The number of hydrogen-bond acceptors (Lipinski definition) is 3. The van der Waals surface area contributed by atoms with Crippen LogP contribution in [0.4, 0.5) is 0 Å². The van der Waals surface area contributed by atoms with E-state index >= 15 is 0 Å². The molecule has 0 aliphatic carbocycles. The molecule has 1 rings (SSSR count). The molecule has 1 aromatic rings. The predicted molar refractivity (Wildman–Crippen MR) is 107 cm³/mol. The van der Waals surface area contributed by atoms with Gasteiger partial charge in [0.1, 0.15) is 5.75 Å². The smallest absolute Gasteiger partial charge is 0.270 e. The van der Waals surface area contributed by atoms with Gasteiger partial charge in [-0.3, -0.25) is 0 Å². The van der Waals surface area contributed by atoms with E-state index in [0.717, 1.165) is 51.1 Å². The van der Waals surface area contributed by atoms with Crippen LogP contribution < -0.4 is 4.74 Å². The van der Waals surface area contributed by atoms with Gasteiger partial charge in [0.15, 0.2) is 0 Å². The Hall–Kier alpha value is -1.06. The molecule has 0 aliphatic rings. The summed E-state index contributed by atoms with van der Waals surface area (Å²) in [4.78, 5) is 2.30. The molecule has 0 bridgehead atoms. The van der Waals surface area contributed by atoms with Crippen molar-refractivity contribution >= 4 is 0 Å². The fourth-order valence-electron chi connectivity index (χ4n) is 2.91. The van der Waals surface area contributed by atoms with Crippen LogP contribution >= 0.6 is 0 Å². The lowest BCUT2D eigenvalue weighted by Gasteiger charge is -2.40. The summed E-state index contributed by atoms with van der Waals surface area (Å²) < 4.78 is 12.6. The molecule has 25 heavy (non-hydrogen) atoms. The first-order valence-electron chi connectivity index (χ1n) is 10.2. The SMILES string of the molecule is CCCCOC(C)(Oc1ccc(C(C)CC)cc1)N(CC)CCCC. The van der Waals surface area contributed by atoms with E-state index in [1.807, 2.05) is 0 Å². The maximum Gasteiger partial charge on any atom is 0.270 e. The monoisotopic (exact) mass is 349 g/mol. The second-order valence-electron chi connectivity index (χ2n) is 7.01. The zero-order valence-corrected chi connectivity index (χ0v) is 17.3. The molecule has 2 unspecified atom stereocenters. The molecule has 0 spiro atoms. The van der Waals surface area contributed by atoms with Crippen molar-refractivity contribution < 1.29 is 9.47 Å². The molecule has 3 heteroatoms. The number of nitrogens with zero attached hydrogens (tertiary/aromatic N) is 1. The molecule has 0 saturated carbocycles. The quantitative estimate of drug-likeness (QED) is 0.313. The van der Waals surface area contributed by atoms with Crippen molar-refractivity contribution in [1.82, 2.24) is 4.90 Å². The lowest BCUT2D eigenvalue weighted by Crippen LogP contribution is -2.53. The van der Waals surface area contributed by atoms with Gasteiger partial charge in [-0.05, 0) is 42.9 Å². The van der Waals surface area contributed by atoms with Gasteiger partial charge in [-0.2, -0.15) is 0 Å². The lowest BCUT2D eigenvalue weighted by atomic mass is 9.99. The Morgan fingerprint density at radius 2 is 1.64 bits per heavy atom. The molecule has 0 N–H and O–H groups in total. The number of benzene rings is 1. The van der Waals surface area contributed by atoms with Gasteiger partial charge in [-0.25, -0.2) is 4.90 Å². The molecule has 0 amide bonds. The topological polar surface area (TPSA) is 21.7 Å². The van der Waals surface area contributed by atoms with Crippen molar-refractivity contribution in [1.29, 1.82) is 0 Å². The van der Waals surface area contributed by atoms with Crippen LogP contribution in [0.5, 0.6) is 5.75 Å². The molecule has 0 aromatic heterocycles. The van der Waals surface area contributed by atoms with Crippen molar-refractivity contribution in [2.24, 2.45) is 0 Å². The Labute approximate surface area is 155 Å². The third kappa shape index (κ3) is 6.99. The molecular weight excluding hydrogens is 310 g/mol. The van der Waals surface area contributed by atoms with Crippen LogP contribution in [0.25, 0.3) is 0 Å². The number of unbranched alkanes of at least 4 members (excludes halogenated alkanes) is 2. The summed E-state index contributed by atoms with van der Waals surface area (Å²) in [7, 11) is 0. The first-order valence-corrected chi connectivity index (χ1v) is 10.2. The molecule has 3 nitrogen and oxygen atoms in total. The summed E-state index contributed by atoms with van der Waals surface area (Å²) >= 11 is 0. The van der Waals surface area contributed by atoms with Crippen molar-refractivity contribution in [2.75, 3.05) is 19.7 Å². The first-order chi connectivity index (χ1) is 12.0. The summed E-state index contributed by atoms with van der Waals surface area (Å²) in [6, 6.07) is 8.52. The van der Waals surface area contributed by atoms with Crippen molar-refractivity contribution in [3.05, 3.63) is 29.8 Å². The zero-order valence-electron chi connectivity index (χ0n) is 17.3. The lowest BCUT2D eigenvalue weighted by molar-refractivity contribution is -0.262. The molecule has 2 atom stereocenters. The first kappa shape index (κ1) is 22.0. The highest BCUT2D eigenvalue weighted by Gasteiger charge is 2.34. The maximum atomic E-state index is 6.37. The predicted octanol–water partition coefficient (Wildman–Crippen LogP) is 6.19. The molecule has 0 fully saturated rings. The third-order valence-corrected chi connectivity index (χ3v) is 4.97. The molecule has 0 heterocycles. The van der Waals surface area contributed by atoms with E-state index in [4.69, 9.17) is 9.47 Å². The van der Waals surface area contributed by atoms with Gasteiger partial charge in [0.05, 0.1) is 6.61 Å². The van der Waals surface area contributed by atoms with Gasteiger partial charge in [0.2, 0.25) is 0 Å². The fraction of sp³-hybridized carbons (Fsp3) is 0.727. The maximum absolute atomic E-state index is 6.37. The highest BCUT2D eigenvalue weighted by Crippen LogP contribution is 2.27. The average molecular weight is 350 g/mol. The molecule has 0 radical (unpaired) electrons. The van der Waals surface area contributed by atoms with Crippen LogP contribution in [0.2, 0.25) is 0 Å². The fourth-order valence-corrected chi connectivity index (χ4v) is 2.91. The van der Waals surface area contributed by atoms with E-state index in [0.29, 0.717) is 5.92 Å². The Bertz CT molecular complexity index is 460. The number of hydrogen-bond donors (Lipinski definition) is 0. The molecule has 0 aliphatic heterocycles. The Morgan fingerprint density at radius 3 is 2.16 bits per heavy atom. The Balaban J connectivity index is 2.90. The molecule has 0 saturated heterocycles. The Kier molecular flexibility index (Phi) is 10.1. The summed E-state index contributed by atoms with van der Waals surface area (Å²) in [6.07, 6.45) is 5.65. The standard InChI is InChI=1S/C22H39NO2/c1-7-11-17-23(10-4)22(6,24-18-12-8-2)25-21-15-13-20(14-16-21)19(5)9-3/h13-16,19H,7-12,17-18H2,1-6H3. The van der Waals surface area contributed by atoms with Gasteiger partial charge in [-0.1, -0.05) is 59.6 Å². The summed E-state index contributed by atoms with van der Waals surface area (Å²) in [5.74, 6) is 0.746. The largest absolute Gasteiger partial charge is 0.449 e. The van der Waals surface area contributed by atoms with Gasteiger partial charge in [0, 0.05) is 20.0 Å². The van der Waals surface area contributed by atoms with Gasteiger partial charge >= 0.3 is 0 Å². The Morgan fingerprint density at radius 1 is 1.00 bits per heavy atom. The second kappa shape index (κ2) is 11.5. The number of rotatable bonds is 13. The van der Waals surface area contributed by atoms with Crippen LogP contribution in [0, 0.1) is 0 Å². The van der Waals surface area contributed by atoms with Crippen LogP contribution in [-0.2, 0) is 4.74 Å². The van der Waals surface area contributed by atoms with Gasteiger partial charge < -0.3 is 9.47 Å². The van der Waals surface area contributed by atoms with E-state index in [2.05, 4.69) is 70.7 Å². The van der Waals surface area contributed by atoms with Gasteiger partial charge in [-0.15, -0.1) is 0 Å². The average Bonchev–Trinajstić information content (AvgIpc) is 2.62. The van der Waals surface area contributed by atoms with Crippen molar-refractivity contribution in [2.45, 2.75) is 85.5 Å². The third-order valence-electron chi connectivity index (χ3n) is 4.97.